The van der Waals surface area contributed by atoms with Crippen molar-refractivity contribution >= 4 is 10.9 Å². The highest BCUT2D eigenvalue weighted by atomic mass is 16.3. The first-order chi connectivity index (χ1) is 9.08. The molecule has 6 nitrogen and oxygen atoms in total. The molecule has 1 saturated heterocycles. The van der Waals surface area contributed by atoms with Crippen LogP contribution in [0.5, 0.6) is 5.75 Å². The summed E-state index contributed by atoms with van der Waals surface area (Å²) in [6.07, 6.45) is 0. The van der Waals surface area contributed by atoms with E-state index in [2.05, 4.69) is 5.32 Å². The van der Waals surface area contributed by atoms with E-state index < -0.39 is 0 Å². The first kappa shape index (κ1) is 12.0. The minimum Gasteiger partial charge on any atom is -0.508 e. The molecule has 0 atom stereocenters. The number of rotatable bonds is 2. The number of phenols is 1. The van der Waals surface area contributed by atoms with Crippen molar-refractivity contribution in [2.75, 3.05) is 13.1 Å². The maximum atomic E-state index is 12.3. The lowest BCUT2D eigenvalue weighted by Gasteiger charge is -2.27. The smallest absolute Gasteiger partial charge is 0.331 e. The van der Waals surface area contributed by atoms with Gasteiger partial charge in [-0.2, -0.15) is 0 Å². The van der Waals surface area contributed by atoms with Crippen molar-refractivity contribution in [3.63, 3.8) is 0 Å². The lowest BCUT2D eigenvalue weighted by molar-refractivity contribution is 0.298. The molecule has 1 aromatic heterocycles. The number of aryl methyl sites for hydroxylation is 1. The molecule has 2 aromatic rings. The van der Waals surface area contributed by atoms with Crippen LogP contribution in [0.2, 0.25) is 0 Å². The molecule has 0 radical (unpaired) electrons. The van der Waals surface area contributed by atoms with E-state index in [0.717, 1.165) is 13.1 Å². The number of hydrogen-bond acceptors (Lipinski definition) is 4. The van der Waals surface area contributed by atoms with Crippen LogP contribution in [-0.2, 0) is 13.6 Å². The van der Waals surface area contributed by atoms with Gasteiger partial charge >= 0.3 is 5.69 Å². The summed E-state index contributed by atoms with van der Waals surface area (Å²) in [5.74, 6) is 0.378. The second-order valence-electron chi connectivity index (χ2n) is 4.98. The molecule has 19 heavy (non-hydrogen) atoms. The fourth-order valence-electron chi connectivity index (χ4n) is 2.39. The summed E-state index contributed by atoms with van der Waals surface area (Å²) in [5.41, 5.74) is -0.169. The topological polar surface area (TPSA) is 76.3 Å². The fraction of sp³-hybridized carbons (Fsp3) is 0.385. The number of hydrogen-bond donors (Lipinski definition) is 2. The predicted molar refractivity (Wildman–Crippen MR) is 71.5 cm³/mol. The Hall–Kier alpha value is -2.08. The molecule has 0 spiro atoms. The molecule has 3 rings (SSSR count). The van der Waals surface area contributed by atoms with Crippen LogP contribution in [0.25, 0.3) is 10.9 Å². The van der Waals surface area contributed by atoms with E-state index in [-0.39, 0.29) is 17.0 Å². The van der Waals surface area contributed by atoms with E-state index in [1.165, 1.54) is 21.3 Å². The second-order valence-corrected chi connectivity index (χ2v) is 4.98. The zero-order valence-electron chi connectivity index (χ0n) is 10.6. The van der Waals surface area contributed by atoms with Crippen LogP contribution in [-0.4, -0.2) is 27.3 Å². The van der Waals surface area contributed by atoms with Crippen LogP contribution in [0.15, 0.2) is 27.8 Å². The summed E-state index contributed by atoms with van der Waals surface area (Å²) in [5, 5.41) is 13.0. The van der Waals surface area contributed by atoms with Crippen LogP contribution in [0.1, 0.15) is 0 Å². The highest BCUT2D eigenvalue weighted by Crippen LogP contribution is 2.15. The Bertz CT molecular complexity index is 756. The van der Waals surface area contributed by atoms with Crippen LogP contribution in [0.3, 0.4) is 0 Å². The van der Waals surface area contributed by atoms with Gasteiger partial charge in [0.1, 0.15) is 5.75 Å². The first-order valence-corrected chi connectivity index (χ1v) is 6.21. The molecule has 2 heterocycles. The zero-order valence-corrected chi connectivity index (χ0v) is 10.6. The van der Waals surface area contributed by atoms with Crippen molar-refractivity contribution in [1.82, 2.24) is 14.5 Å². The lowest BCUT2D eigenvalue weighted by Crippen LogP contribution is -2.49. The number of nitrogens with one attached hydrogen (secondary N) is 1. The molecule has 0 amide bonds. The van der Waals surface area contributed by atoms with Crippen molar-refractivity contribution in [3.05, 3.63) is 39.0 Å². The van der Waals surface area contributed by atoms with Crippen molar-refractivity contribution in [2.24, 2.45) is 13.0 Å². The Morgan fingerprint density at radius 3 is 2.74 bits per heavy atom. The van der Waals surface area contributed by atoms with Crippen LogP contribution < -0.4 is 16.6 Å². The highest BCUT2D eigenvalue weighted by Gasteiger charge is 2.20. The fourth-order valence-corrected chi connectivity index (χ4v) is 2.39. The number of phenolic OH excluding ortho intramolecular Hbond substituents is 1. The number of aromatic hydroxyl groups is 1. The summed E-state index contributed by atoms with van der Waals surface area (Å²) in [4.78, 5) is 24.6. The van der Waals surface area contributed by atoms with Crippen LogP contribution in [0.4, 0.5) is 0 Å². The molecular formula is C13H15N3O3. The Morgan fingerprint density at radius 1 is 1.37 bits per heavy atom. The van der Waals surface area contributed by atoms with Gasteiger partial charge in [-0.3, -0.25) is 13.9 Å². The average Bonchev–Trinajstić information content (AvgIpc) is 2.34. The monoisotopic (exact) mass is 261 g/mol. The number of fused-ring (bicyclic) bond motifs is 1. The maximum absolute atomic E-state index is 12.3. The lowest BCUT2D eigenvalue weighted by atomic mass is 10.0. The molecule has 2 N–H and O–H groups in total. The van der Waals surface area contributed by atoms with Gasteiger partial charge in [-0.25, -0.2) is 4.79 Å². The van der Waals surface area contributed by atoms with E-state index >= 15 is 0 Å². The molecule has 1 aliphatic rings. The second kappa shape index (κ2) is 4.24. The third-order valence-electron chi connectivity index (χ3n) is 3.64. The zero-order chi connectivity index (χ0) is 13.6. The van der Waals surface area contributed by atoms with Crippen molar-refractivity contribution in [2.45, 2.75) is 6.54 Å². The van der Waals surface area contributed by atoms with Gasteiger partial charge in [-0.05, 0) is 12.1 Å². The van der Waals surface area contributed by atoms with E-state index in [1.54, 1.807) is 13.1 Å². The van der Waals surface area contributed by atoms with Crippen LogP contribution >= 0.6 is 0 Å². The maximum Gasteiger partial charge on any atom is 0.331 e. The standard InChI is InChI=1S/C13H15N3O3/c1-15-11-4-9(17)2-3-10(11)12(18)16(13(15)19)7-8-5-14-6-8/h2-4,8,14,17H,5-7H2,1H3. The van der Waals surface area contributed by atoms with Gasteiger partial charge < -0.3 is 10.4 Å². The van der Waals surface area contributed by atoms with Crippen LogP contribution in [0, 0.1) is 5.92 Å². The van der Waals surface area contributed by atoms with Gasteiger partial charge in [0.05, 0.1) is 10.9 Å². The Balaban J connectivity index is 2.25. The number of benzene rings is 1. The summed E-state index contributed by atoms with van der Waals surface area (Å²) in [6.45, 7) is 2.11. The van der Waals surface area contributed by atoms with Gasteiger partial charge in [0, 0.05) is 38.7 Å². The largest absolute Gasteiger partial charge is 0.508 e. The van der Waals surface area contributed by atoms with E-state index in [4.69, 9.17) is 0 Å². The van der Waals surface area contributed by atoms with E-state index in [0.29, 0.717) is 23.4 Å². The molecule has 100 valence electrons. The minimum atomic E-state index is -0.338. The summed E-state index contributed by atoms with van der Waals surface area (Å²) >= 11 is 0. The number of nitrogens with zero attached hydrogens (tertiary/aromatic N) is 2. The summed E-state index contributed by atoms with van der Waals surface area (Å²) in [7, 11) is 1.61. The predicted octanol–water partition coefficient (Wildman–Crippen LogP) is -0.375. The summed E-state index contributed by atoms with van der Waals surface area (Å²) < 4.78 is 2.69. The quantitative estimate of drug-likeness (QED) is 0.773. The molecule has 0 aliphatic carbocycles. The normalized spacial score (nSPS) is 15.6. The molecule has 0 unspecified atom stereocenters. The molecule has 0 bridgehead atoms. The van der Waals surface area contributed by atoms with Crippen molar-refractivity contribution in [1.29, 1.82) is 0 Å². The van der Waals surface area contributed by atoms with Crippen molar-refractivity contribution in [3.8, 4) is 5.75 Å². The van der Waals surface area contributed by atoms with Gasteiger partial charge in [0.25, 0.3) is 5.56 Å². The Kier molecular flexibility index (Phi) is 2.67. The molecule has 0 saturated carbocycles. The SMILES string of the molecule is Cn1c(=O)n(CC2CNC2)c(=O)c2ccc(O)cc21. The Morgan fingerprint density at radius 2 is 2.11 bits per heavy atom. The van der Waals surface area contributed by atoms with Crippen molar-refractivity contribution < 1.29 is 5.11 Å². The third kappa shape index (κ3) is 1.84. The van der Waals surface area contributed by atoms with E-state index in [9.17, 15) is 14.7 Å². The van der Waals surface area contributed by atoms with E-state index in [1.807, 2.05) is 0 Å². The Labute approximate surface area is 108 Å². The highest BCUT2D eigenvalue weighted by molar-refractivity contribution is 5.79. The molecule has 6 heteroatoms. The molecular weight excluding hydrogens is 246 g/mol. The third-order valence-corrected chi connectivity index (χ3v) is 3.64. The molecule has 1 fully saturated rings. The average molecular weight is 261 g/mol. The van der Waals surface area contributed by atoms with Gasteiger partial charge in [0.2, 0.25) is 0 Å². The number of aromatic nitrogens is 2. The van der Waals surface area contributed by atoms with Gasteiger partial charge in [-0.1, -0.05) is 0 Å². The first-order valence-electron chi connectivity index (χ1n) is 6.21. The van der Waals surface area contributed by atoms with Gasteiger partial charge in [0.15, 0.2) is 0 Å². The van der Waals surface area contributed by atoms with Gasteiger partial charge in [-0.15, -0.1) is 0 Å². The molecule has 1 aliphatic heterocycles. The summed E-state index contributed by atoms with van der Waals surface area (Å²) in [6, 6.07) is 4.46. The minimum absolute atomic E-state index is 0.0443. The molecule has 1 aromatic carbocycles.